The second-order valence-electron chi connectivity index (χ2n) is 7.65. The average Bonchev–Trinajstić information content (AvgIpc) is 3.12. The number of carbonyl (C=O) groups is 2. The number of amides is 2. The Morgan fingerprint density at radius 2 is 1.88 bits per heavy atom. The van der Waals surface area contributed by atoms with E-state index in [0.29, 0.717) is 19.5 Å². The molecule has 1 aliphatic heterocycles. The predicted molar refractivity (Wildman–Crippen MR) is 97.4 cm³/mol. The molecule has 1 aromatic carbocycles. The molecular weight excluding hydrogens is 316 g/mol. The number of hydrogen-bond acceptors (Lipinski definition) is 3. The van der Waals surface area contributed by atoms with Crippen LogP contribution in [0.5, 0.6) is 0 Å². The normalized spacial score (nSPS) is 26.3. The molecule has 3 atom stereocenters. The Morgan fingerprint density at radius 1 is 1.20 bits per heavy atom. The maximum absolute atomic E-state index is 12.8. The molecule has 2 fully saturated rings. The third-order valence-electron chi connectivity index (χ3n) is 5.53. The first-order valence-corrected chi connectivity index (χ1v) is 9.19. The highest BCUT2D eigenvalue weighted by molar-refractivity contribution is 6.09. The molecule has 3 unspecified atom stereocenters. The van der Waals surface area contributed by atoms with Gasteiger partial charge in [-0.25, -0.2) is 0 Å². The highest BCUT2D eigenvalue weighted by Crippen LogP contribution is 2.30. The maximum Gasteiger partial charge on any atom is 0.239 e. The van der Waals surface area contributed by atoms with E-state index in [1.807, 2.05) is 26.0 Å². The molecule has 2 aliphatic rings. The van der Waals surface area contributed by atoms with Gasteiger partial charge in [0.15, 0.2) is 0 Å². The van der Waals surface area contributed by atoms with Gasteiger partial charge in [0.2, 0.25) is 11.8 Å². The fourth-order valence-corrected chi connectivity index (χ4v) is 4.21. The maximum atomic E-state index is 12.8. The number of aliphatic hydroxyl groups is 1. The number of carbonyl (C=O) groups excluding carboxylic acids is 2. The van der Waals surface area contributed by atoms with E-state index in [9.17, 15) is 14.7 Å². The zero-order valence-corrected chi connectivity index (χ0v) is 15.4. The van der Waals surface area contributed by atoms with Gasteiger partial charge in [0, 0.05) is 31.7 Å². The van der Waals surface area contributed by atoms with E-state index >= 15 is 0 Å². The molecule has 0 bridgehead atoms. The minimum absolute atomic E-state index is 0.103. The first-order valence-electron chi connectivity index (χ1n) is 9.19. The average molecular weight is 344 g/mol. The lowest BCUT2D eigenvalue weighted by atomic mass is 10.0. The predicted octanol–water partition coefficient (Wildman–Crippen LogP) is 2.28. The Balaban J connectivity index is 1.67. The Kier molecular flexibility index (Phi) is 5.13. The molecular formula is C20H28N2O3. The lowest BCUT2D eigenvalue weighted by molar-refractivity contribution is -0.139. The van der Waals surface area contributed by atoms with Gasteiger partial charge in [-0.15, -0.1) is 0 Å². The molecule has 0 aromatic heterocycles. The highest BCUT2D eigenvalue weighted by atomic mass is 16.3. The molecule has 1 aromatic rings. The first-order chi connectivity index (χ1) is 11.9. The summed E-state index contributed by atoms with van der Waals surface area (Å²) < 4.78 is 0. The number of nitrogens with zero attached hydrogens (tertiary/aromatic N) is 2. The van der Waals surface area contributed by atoms with E-state index in [0.717, 1.165) is 36.1 Å². The Hall–Kier alpha value is -1.88. The summed E-state index contributed by atoms with van der Waals surface area (Å²) in [5.41, 5.74) is 3.11. The zero-order valence-electron chi connectivity index (χ0n) is 15.4. The number of aryl methyl sites for hydroxylation is 2. The van der Waals surface area contributed by atoms with E-state index in [1.165, 1.54) is 0 Å². The lowest BCUT2D eigenvalue weighted by Crippen LogP contribution is -2.41. The fourth-order valence-electron chi connectivity index (χ4n) is 4.21. The minimum Gasteiger partial charge on any atom is -0.393 e. The van der Waals surface area contributed by atoms with Crippen molar-refractivity contribution >= 4 is 17.5 Å². The molecule has 2 amide bonds. The third-order valence-corrected chi connectivity index (χ3v) is 5.53. The monoisotopic (exact) mass is 344 g/mol. The summed E-state index contributed by atoms with van der Waals surface area (Å²) in [7, 11) is 1.75. The number of anilines is 1. The topological polar surface area (TPSA) is 60.9 Å². The van der Waals surface area contributed by atoms with Gasteiger partial charge in [-0.1, -0.05) is 12.5 Å². The SMILES string of the molecule is Cc1cc(C)cc(N2CCC(C(=O)N(C)CC3CCCC3O)C2=O)c1. The molecule has 0 radical (unpaired) electrons. The van der Waals surface area contributed by atoms with Crippen LogP contribution in [0.4, 0.5) is 5.69 Å². The first kappa shape index (κ1) is 17.9. The second-order valence-corrected chi connectivity index (χ2v) is 7.65. The Bertz CT molecular complexity index is 653. The summed E-state index contributed by atoms with van der Waals surface area (Å²) >= 11 is 0. The molecule has 1 N–H and O–H groups in total. The second kappa shape index (κ2) is 7.16. The third kappa shape index (κ3) is 3.71. The molecule has 1 saturated carbocycles. The van der Waals surface area contributed by atoms with Gasteiger partial charge in [0.05, 0.1) is 6.10 Å². The van der Waals surface area contributed by atoms with Gasteiger partial charge in [0.25, 0.3) is 0 Å². The van der Waals surface area contributed by atoms with E-state index in [4.69, 9.17) is 0 Å². The van der Waals surface area contributed by atoms with Crippen LogP contribution in [0.1, 0.15) is 36.8 Å². The Labute approximate surface area is 149 Å². The van der Waals surface area contributed by atoms with E-state index in [2.05, 4.69) is 6.07 Å². The smallest absolute Gasteiger partial charge is 0.239 e. The summed E-state index contributed by atoms with van der Waals surface area (Å²) in [5, 5.41) is 9.97. The molecule has 1 saturated heterocycles. The van der Waals surface area contributed by atoms with Gasteiger partial charge in [-0.05, 0) is 56.4 Å². The zero-order chi connectivity index (χ0) is 18.1. The van der Waals surface area contributed by atoms with Crippen molar-refractivity contribution in [1.82, 2.24) is 4.90 Å². The number of rotatable bonds is 4. The van der Waals surface area contributed by atoms with Crippen molar-refractivity contribution in [3.8, 4) is 0 Å². The summed E-state index contributed by atoms with van der Waals surface area (Å²) in [4.78, 5) is 28.9. The standard InChI is InChI=1S/C20H28N2O3/c1-13-9-14(2)11-16(10-13)22-8-7-17(20(22)25)19(24)21(3)12-15-5-4-6-18(15)23/h9-11,15,17-18,23H,4-8,12H2,1-3H3. The number of benzene rings is 1. The Morgan fingerprint density at radius 3 is 2.48 bits per heavy atom. The van der Waals surface area contributed by atoms with Crippen molar-refractivity contribution in [3.05, 3.63) is 29.3 Å². The molecule has 25 heavy (non-hydrogen) atoms. The van der Waals surface area contributed by atoms with Crippen LogP contribution in [-0.4, -0.2) is 48.1 Å². The number of aliphatic hydroxyl groups excluding tert-OH is 1. The largest absolute Gasteiger partial charge is 0.393 e. The van der Waals surface area contributed by atoms with Crippen molar-refractivity contribution in [1.29, 1.82) is 0 Å². The molecule has 1 heterocycles. The van der Waals surface area contributed by atoms with Crippen LogP contribution in [-0.2, 0) is 9.59 Å². The quantitative estimate of drug-likeness (QED) is 0.853. The lowest BCUT2D eigenvalue weighted by Gasteiger charge is -2.25. The van der Waals surface area contributed by atoms with Crippen LogP contribution in [0.25, 0.3) is 0 Å². The van der Waals surface area contributed by atoms with Crippen LogP contribution < -0.4 is 4.90 Å². The van der Waals surface area contributed by atoms with Crippen LogP contribution in [0.2, 0.25) is 0 Å². The van der Waals surface area contributed by atoms with E-state index < -0.39 is 5.92 Å². The van der Waals surface area contributed by atoms with Crippen molar-refractivity contribution in [2.75, 3.05) is 25.0 Å². The van der Waals surface area contributed by atoms with Gasteiger partial charge in [0.1, 0.15) is 5.92 Å². The van der Waals surface area contributed by atoms with Gasteiger partial charge >= 0.3 is 0 Å². The fraction of sp³-hybridized carbons (Fsp3) is 0.600. The van der Waals surface area contributed by atoms with Crippen molar-refractivity contribution in [2.45, 2.75) is 45.6 Å². The summed E-state index contributed by atoms with van der Waals surface area (Å²) in [6.07, 6.45) is 3.02. The summed E-state index contributed by atoms with van der Waals surface area (Å²) in [5.74, 6) is -0.671. The molecule has 136 valence electrons. The summed E-state index contributed by atoms with van der Waals surface area (Å²) in [6.45, 7) is 5.14. The van der Waals surface area contributed by atoms with Crippen molar-refractivity contribution < 1.29 is 14.7 Å². The van der Waals surface area contributed by atoms with Crippen LogP contribution >= 0.6 is 0 Å². The van der Waals surface area contributed by atoms with Gasteiger partial charge in [-0.2, -0.15) is 0 Å². The summed E-state index contributed by atoms with van der Waals surface area (Å²) in [6, 6.07) is 6.07. The molecule has 0 spiro atoms. The highest BCUT2D eigenvalue weighted by Gasteiger charge is 2.40. The van der Waals surface area contributed by atoms with E-state index in [-0.39, 0.29) is 23.8 Å². The van der Waals surface area contributed by atoms with Crippen LogP contribution in [0, 0.1) is 25.7 Å². The van der Waals surface area contributed by atoms with Crippen LogP contribution in [0.15, 0.2) is 18.2 Å². The van der Waals surface area contributed by atoms with Crippen molar-refractivity contribution in [2.24, 2.45) is 11.8 Å². The van der Waals surface area contributed by atoms with Crippen molar-refractivity contribution in [3.63, 3.8) is 0 Å². The molecule has 1 aliphatic carbocycles. The number of hydrogen-bond donors (Lipinski definition) is 1. The van der Waals surface area contributed by atoms with Gasteiger partial charge < -0.3 is 14.9 Å². The van der Waals surface area contributed by atoms with Crippen LogP contribution in [0.3, 0.4) is 0 Å². The molecule has 5 heteroatoms. The van der Waals surface area contributed by atoms with Gasteiger partial charge in [-0.3, -0.25) is 9.59 Å². The van der Waals surface area contributed by atoms with E-state index in [1.54, 1.807) is 16.8 Å². The minimum atomic E-state index is -0.593. The molecule has 3 rings (SSSR count). The molecule has 5 nitrogen and oxygen atoms in total.